The summed E-state index contributed by atoms with van der Waals surface area (Å²) in [5.74, 6) is -0.849. The Morgan fingerprint density at radius 1 is 1.44 bits per heavy atom. The first-order valence-electron chi connectivity index (χ1n) is 5.14. The van der Waals surface area contributed by atoms with E-state index in [1.54, 1.807) is 29.2 Å². The summed E-state index contributed by atoms with van der Waals surface area (Å²) in [5.41, 5.74) is 1.42. The van der Waals surface area contributed by atoms with Crippen LogP contribution in [0.3, 0.4) is 0 Å². The molecule has 0 aliphatic rings. The van der Waals surface area contributed by atoms with Crippen LogP contribution in [-0.2, 0) is 4.79 Å². The number of carboxylic acid groups (broad SMARTS) is 1. The molecule has 1 N–H and O–H groups in total. The van der Waals surface area contributed by atoms with Gasteiger partial charge in [-0.05, 0) is 30.7 Å². The van der Waals surface area contributed by atoms with E-state index in [9.17, 15) is 4.79 Å². The first-order chi connectivity index (χ1) is 7.67. The van der Waals surface area contributed by atoms with Crippen molar-refractivity contribution in [3.05, 3.63) is 29.8 Å². The van der Waals surface area contributed by atoms with Crippen molar-refractivity contribution in [2.45, 2.75) is 13.3 Å². The molecule has 0 unspecified atom stereocenters. The lowest BCUT2D eigenvalue weighted by molar-refractivity contribution is -0.135. The van der Waals surface area contributed by atoms with E-state index in [4.69, 9.17) is 10.4 Å². The Kier molecular flexibility index (Phi) is 4.34. The van der Waals surface area contributed by atoms with Gasteiger partial charge in [0.05, 0.1) is 11.6 Å². The topological polar surface area (TPSA) is 64.3 Å². The van der Waals surface area contributed by atoms with Gasteiger partial charge < -0.3 is 10.0 Å². The molecule has 0 saturated heterocycles. The normalized spacial score (nSPS) is 9.50. The summed E-state index contributed by atoms with van der Waals surface area (Å²) in [4.78, 5) is 12.5. The van der Waals surface area contributed by atoms with Gasteiger partial charge in [-0.15, -0.1) is 0 Å². The summed E-state index contributed by atoms with van der Waals surface area (Å²) in [5, 5.41) is 17.4. The molecule has 4 heteroatoms. The number of nitrogens with zero attached hydrogens (tertiary/aromatic N) is 2. The molecule has 0 atom stereocenters. The molecule has 1 rings (SSSR count). The molecule has 1 aromatic carbocycles. The summed E-state index contributed by atoms with van der Waals surface area (Å²) >= 11 is 0. The van der Waals surface area contributed by atoms with Gasteiger partial charge in [0.25, 0.3) is 0 Å². The van der Waals surface area contributed by atoms with Gasteiger partial charge in [0.1, 0.15) is 6.54 Å². The van der Waals surface area contributed by atoms with Crippen LogP contribution in [-0.4, -0.2) is 24.2 Å². The lowest BCUT2D eigenvalue weighted by Gasteiger charge is -2.22. The SMILES string of the molecule is CCCN(CC(=O)O)c1ccc(C#N)cc1. The molecule has 4 nitrogen and oxygen atoms in total. The van der Waals surface area contributed by atoms with Gasteiger partial charge in [0, 0.05) is 12.2 Å². The van der Waals surface area contributed by atoms with Gasteiger partial charge in [-0.25, -0.2) is 0 Å². The summed E-state index contributed by atoms with van der Waals surface area (Å²) in [6.45, 7) is 2.68. The molecule has 0 radical (unpaired) electrons. The van der Waals surface area contributed by atoms with Crippen LogP contribution in [0, 0.1) is 11.3 Å². The molecular weight excluding hydrogens is 204 g/mol. The van der Waals surface area contributed by atoms with E-state index < -0.39 is 5.97 Å². The fraction of sp³-hybridized carbons (Fsp3) is 0.333. The molecule has 84 valence electrons. The monoisotopic (exact) mass is 218 g/mol. The maximum absolute atomic E-state index is 10.7. The number of nitriles is 1. The number of hydrogen-bond acceptors (Lipinski definition) is 3. The average Bonchev–Trinajstić information content (AvgIpc) is 2.28. The molecule has 0 aliphatic carbocycles. The number of carbonyl (C=O) groups is 1. The van der Waals surface area contributed by atoms with Gasteiger partial charge >= 0.3 is 5.97 Å². The van der Waals surface area contributed by atoms with E-state index in [1.807, 2.05) is 13.0 Å². The van der Waals surface area contributed by atoms with Crippen molar-refractivity contribution in [3.8, 4) is 6.07 Å². The minimum absolute atomic E-state index is 0.0141. The standard InChI is InChI=1S/C12H14N2O2/c1-2-7-14(9-12(15)16)11-5-3-10(8-13)4-6-11/h3-6H,2,7,9H2,1H3,(H,15,16). The molecule has 0 saturated carbocycles. The van der Waals surface area contributed by atoms with Crippen molar-refractivity contribution >= 4 is 11.7 Å². The Morgan fingerprint density at radius 2 is 2.06 bits per heavy atom. The van der Waals surface area contributed by atoms with E-state index in [0.29, 0.717) is 12.1 Å². The van der Waals surface area contributed by atoms with E-state index in [1.165, 1.54) is 0 Å². The number of benzene rings is 1. The lowest BCUT2D eigenvalue weighted by Crippen LogP contribution is -2.30. The quantitative estimate of drug-likeness (QED) is 0.819. The maximum atomic E-state index is 10.7. The largest absolute Gasteiger partial charge is 0.480 e. The zero-order valence-electron chi connectivity index (χ0n) is 9.18. The summed E-state index contributed by atoms with van der Waals surface area (Å²) < 4.78 is 0. The second kappa shape index (κ2) is 5.76. The number of aliphatic carboxylic acids is 1. The number of anilines is 1. The van der Waals surface area contributed by atoms with Gasteiger partial charge in [-0.1, -0.05) is 6.92 Å². The highest BCUT2D eigenvalue weighted by atomic mass is 16.4. The third-order valence-electron chi connectivity index (χ3n) is 2.18. The van der Waals surface area contributed by atoms with Crippen LogP contribution < -0.4 is 4.90 Å². The number of hydrogen-bond donors (Lipinski definition) is 1. The predicted octanol–water partition coefficient (Wildman–Crippen LogP) is 1.86. The van der Waals surface area contributed by atoms with E-state index in [-0.39, 0.29) is 6.54 Å². The van der Waals surface area contributed by atoms with Crippen LogP contribution in [0.25, 0.3) is 0 Å². The molecule has 0 aromatic heterocycles. The van der Waals surface area contributed by atoms with Crippen LogP contribution in [0.5, 0.6) is 0 Å². The molecule has 0 bridgehead atoms. The molecule has 16 heavy (non-hydrogen) atoms. The maximum Gasteiger partial charge on any atom is 0.323 e. The Morgan fingerprint density at radius 3 is 2.50 bits per heavy atom. The summed E-state index contributed by atoms with van der Waals surface area (Å²) in [6, 6.07) is 8.97. The van der Waals surface area contributed by atoms with E-state index in [0.717, 1.165) is 12.1 Å². The zero-order valence-corrected chi connectivity index (χ0v) is 9.18. The minimum Gasteiger partial charge on any atom is -0.480 e. The van der Waals surface area contributed by atoms with Gasteiger partial charge in [-0.2, -0.15) is 5.26 Å². The summed E-state index contributed by atoms with van der Waals surface area (Å²) in [6.07, 6.45) is 0.882. The Balaban J connectivity index is 2.84. The van der Waals surface area contributed by atoms with E-state index in [2.05, 4.69) is 0 Å². The van der Waals surface area contributed by atoms with Crippen LogP contribution in [0.15, 0.2) is 24.3 Å². The van der Waals surface area contributed by atoms with Gasteiger partial charge in [0.15, 0.2) is 0 Å². The fourth-order valence-electron chi connectivity index (χ4n) is 1.48. The molecule has 0 aliphatic heterocycles. The molecule has 0 amide bonds. The molecule has 0 spiro atoms. The summed E-state index contributed by atoms with van der Waals surface area (Å²) in [7, 11) is 0. The van der Waals surface area contributed by atoms with Crippen LogP contribution >= 0.6 is 0 Å². The third kappa shape index (κ3) is 3.28. The minimum atomic E-state index is -0.849. The predicted molar refractivity (Wildman–Crippen MR) is 61.3 cm³/mol. The molecule has 0 heterocycles. The highest BCUT2D eigenvalue weighted by Gasteiger charge is 2.09. The Hall–Kier alpha value is -2.02. The van der Waals surface area contributed by atoms with Crippen LogP contribution in [0.4, 0.5) is 5.69 Å². The van der Waals surface area contributed by atoms with Crippen molar-refractivity contribution in [3.63, 3.8) is 0 Å². The van der Waals surface area contributed by atoms with Crippen molar-refractivity contribution < 1.29 is 9.90 Å². The number of carboxylic acids is 1. The van der Waals surface area contributed by atoms with Crippen molar-refractivity contribution in [2.24, 2.45) is 0 Å². The molecule has 0 fully saturated rings. The highest BCUT2D eigenvalue weighted by molar-refractivity contribution is 5.73. The van der Waals surface area contributed by atoms with Crippen LogP contribution in [0.1, 0.15) is 18.9 Å². The fourth-order valence-corrected chi connectivity index (χ4v) is 1.48. The Bertz CT molecular complexity index is 392. The van der Waals surface area contributed by atoms with Gasteiger partial charge in [0.2, 0.25) is 0 Å². The van der Waals surface area contributed by atoms with Crippen LogP contribution in [0.2, 0.25) is 0 Å². The first kappa shape index (κ1) is 12.1. The molecular formula is C12H14N2O2. The first-order valence-corrected chi connectivity index (χ1v) is 5.14. The molecule has 1 aromatic rings. The second-order valence-electron chi connectivity index (χ2n) is 3.47. The second-order valence-corrected chi connectivity index (χ2v) is 3.47. The van der Waals surface area contributed by atoms with Crippen molar-refractivity contribution in [2.75, 3.05) is 18.0 Å². The zero-order chi connectivity index (χ0) is 12.0. The Labute approximate surface area is 94.7 Å². The van der Waals surface area contributed by atoms with Crippen molar-refractivity contribution in [1.29, 1.82) is 5.26 Å². The van der Waals surface area contributed by atoms with Gasteiger partial charge in [-0.3, -0.25) is 4.79 Å². The smallest absolute Gasteiger partial charge is 0.323 e. The third-order valence-corrected chi connectivity index (χ3v) is 2.18. The average molecular weight is 218 g/mol. The van der Waals surface area contributed by atoms with Crippen molar-refractivity contribution in [1.82, 2.24) is 0 Å². The highest BCUT2D eigenvalue weighted by Crippen LogP contribution is 2.15. The van der Waals surface area contributed by atoms with E-state index >= 15 is 0 Å². The lowest BCUT2D eigenvalue weighted by atomic mass is 10.2. The number of rotatable bonds is 5.